The second kappa shape index (κ2) is 8.98. The highest BCUT2D eigenvalue weighted by atomic mass is 16.5. The number of aliphatic carboxylic acids is 1. The average molecular weight is 387 g/mol. The van der Waals surface area contributed by atoms with Crippen LogP contribution in [0.2, 0.25) is 0 Å². The van der Waals surface area contributed by atoms with E-state index >= 15 is 0 Å². The van der Waals surface area contributed by atoms with E-state index in [0.717, 1.165) is 19.6 Å². The molecular formula is C20H21NO7. The van der Waals surface area contributed by atoms with E-state index in [1.165, 1.54) is 6.92 Å². The molecule has 0 saturated carbocycles. The van der Waals surface area contributed by atoms with Gasteiger partial charge in [0.2, 0.25) is 0 Å². The summed E-state index contributed by atoms with van der Waals surface area (Å²) in [6.45, 7) is 1.36. The van der Waals surface area contributed by atoms with Crippen LogP contribution in [0.4, 0.5) is 0 Å². The van der Waals surface area contributed by atoms with Crippen LogP contribution in [0.3, 0.4) is 0 Å². The molecule has 0 radical (unpaired) electrons. The summed E-state index contributed by atoms with van der Waals surface area (Å²) >= 11 is 0. The lowest BCUT2D eigenvalue weighted by Crippen LogP contribution is -2.50. The number of esters is 2. The highest BCUT2D eigenvalue weighted by Crippen LogP contribution is 2.22. The first kappa shape index (κ1) is 20.9. The standard InChI is InChI=1S/C20H21NO7/c1-11(15(19(25)27-2)20(26)28-3)16(18(23)24)21-17(22)14-10-6-8-12-7-4-5-9-13(12)14/h4-11,15-16H,1-3H3,(H,21,22)(H,23,24)/t11-,16-/m1/s1. The fraction of sp³-hybridized carbons (Fsp3) is 0.300. The molecule has 0 spiro atoms. The Hall–Kier alpha value is -3.42. The Kier molecular flexibility index (Phi) is 6.70. The van der Waals surface area contributed by atoms with E-state index in [2.05, 4.69) is 14.8 Å². The summed E-state index contributed by atoms with van der Waals surface area (Å²) < 4.78 is 9.18. The number of fused-ring (bicyclic) bond motifs is 1. The Labute approximate surface area is 161 Å². The number of carboxylic acids is 1. The number of nitrogens with one attached hydrogen (secondary N) is 1. The van der Waals surface area contributed by atoms with E-state index in [-0.39, 0.29) is 5.56 Å². The van der Waals surface area contributed by atoms with Gasteiger partial charge in [-0.2, -0.15) is 0 Å². The Balaban J connectivity index is 2.35. The molecule has 0 aliphatic heterocycles. The molecular weight excluding hydrogens is 366 g/mol. The van der Waals surface area contributed by atoms with Crippen molar-refractivity contribution in [2.24, 2.45) is 11.8 Å². The quantitative estimate of drug-likeness (QED) is 0.547. The predicted molar refractivity (Wildman–Crippen MR) is 99.5 cm³/mol. The van der Waals surface area contributed by atoms with E-state index in [1.807, 2.05) is 18.2 Å². The van der Waals surface area contributed by atoms with Crippen molar-refractivity contribution in [3.63, 3.8) is 0 Å². The first-order chi connectivity index (χ1) is 13.3. The number of amides is 1. The first-order valence-electron chi connectivity index (χ1n) is 8.48. The summed E-state index contributed by atoms with van der Waals surface area (Å²) in [5, 5.41) is 13.5. The number of rotatable bonds is 7. The molecule has 0 aliphatic carbocycles. The van der Waals surface area contributed by atoms with E-state index in [9.17, 15) is 24.3 Å². The van der Waals surface area contributed by atoms with Crippen molar-refractivity contribution in [2.75, 3.05) is 14.2 Å². The number of carbonyl (C=O) groups is 4. The number of ether oxygens (including phenoxy) is 2. The summed E-state index contributed by atoms with van der Waals surface area (Å²) in [6.07, 6.45) is 0. The van der Waals surface area contributed by atoms with Gasteiger partial charge in [-0.1, -0.05) is 43.3 Å². The lowest BCUT2D eigenvalue weighted by atomic mass is 9.87. The van der Waals surface area contributed by atoms with Crippen molar-refractivity contribution in [1.29, 1.82) is 0 Å². The molecule has 28 heavy (non-hydrogen) atoms. The van der Waals surface area contributed by atoms with Crippen molar-refractivity contribution in [3.05, 3.63) is 48.0 Å². The van der Waals surface area contributed by atoms with Crippen LogP contribution in [0.15, 0.2) is 42.5 Å². The maximum atomic E-state index is 12.8. The summed E-state index contributed by atoms with van der Waals surface area (Å²) in [4.78, 5) is 48.5. The maximum absolute atomic E-state index is 12.8. The van der Waals surface area contributed by atoms with Gasteiger partial charge in [0.05, 0.1) is 14.2 Å². The molecule has 2 aromatic carbocycles. The molecule has 2 atom stereocenters. The molecule has 2 rings (SSSR count). The third-order valence-electron chi connectivity index (χ3n) is 4.55. The Morgan fingerprint density at radius 1 is 0.929 bits per heavy atom. The predicted octanol–water partition coefficient (Wildman–Crippen LogP) is 1.62. The smallest absolute Gasteiger partial charge is 0.326 e. The molecule has 0 aliphatic rings. The zero-order chi connectivity index (χ0) is 20.8. The molecule has 0 heterocycles. The van der Waals surface area contributed by atoms with Crippen molar-refractivity contribution in [3.8, 4) is 0 Å². The van der Waals surface area contributed by atoms with Crippen LogP contribution >= 0.6 is 0 Å². The number of carbonyl (C=O) groups excluding carboxylic acids is 3. The van der Waals surface area contributed by atoms with Crippen LogP contribution in [0, 0.1) is 11.8 Å². The summed E-state index contributed by atoms with van der Waals surface area (Å²) in [5.74, 6) is -6.52. The normalized spacial score (nSPS) is 12.9. The number of hydrogen-bond acceptors (Lipinski definition) is 6. The van der Waals surface area contributed by atoms with Gasteiger partial charge in [0.15, 0.2) is 5.92 Å². The molecule has 8 nitrogen and oxygen atoms in total. The molecule has 0 bridgehead atoms. The highest BCUT2D eigenvalue weighted by molar-refractivity contribution is 6.08. The van der Waals surface area contributed by atoms with Gasteiger partial charge in [-0.05, 0) is 16.8 Å². The lowest BCUT2D eigenvalue weighted by Gasteiger charge is -2.26. The second-order valence-corrected chi connectivity index (χ2v) is 6.20. The molecule has 0 aromatic heterocycles. The zero-order valence-corrected chi connectivity index (χ0v) is 15.7. The minimum Gasteiger partial charge on any atom is -0.480 e. The van der Waals surface area contributed by atoms with Gasteiger partial charge in [0.1, 0.15) is 6.04 Å². The fourth-order valence-corrected chi connectivity index (χ4v) is 3.03. The summed E-state index contributed by atoms with van der Waals surface area (Å²) in [6, 6.07) is 10.7. The molecule has 8 heteroatoms. The summed E-state index contributed by atoms with van der Waals surface area (Å²) in [7, 11) is 2.16. The average Bonchev–Trinajstić information content (AvgIpc) is 2.70. The van der Waals surface area contributed by atoms with Crippen molar-refractivity contribution < 1.29 is 33.8 Å². The van der Waals surface area contributed by atoms with Gasteiger partial charge >= 0.3 is 17.9 Å². The molecule has 2 N–H and O–H groups in total. The minimum absolute atomic E-state index is 0.282. The Bertz CT molecular complexity index is 887. The van der Waals surface area contributed by atoms with Gasteiger partial charge in [-0.3, -0.25) is 14.4 Å². The summed E-state index contributed by atoms with van der Waals surface area (Å²) in [5.41, 5.74) is 0.282. The second-order valence-electron chi connectivity index (χ2n) is 6.20. The Morgan fingerprint density at radius 3 is 2.07 bits per heavy atom. The van der Waals surface area contributed by atoms with Crippen LogP contribution in [0.1, 0.15) is 17.3 Å². The van der Waals surface area contributed by atoms with E-state index < -0.39 is 41.7 Å². The zero-order valence-electron chi connectivity index (χ0n) is 15.7. The molecule has 0 unspecified atom stereocenters. The monoisotopic (exact) mass is 387 g/mol. The maximum Gasteiger partial charge on any atom is 0.326 e. The van der Waals surface area contributed by atoms with Crippen LogP contribution in [-0.2, 0) is 23.9 Å². The van der Waals surface area contributed by atoms with Gasteiger partial charge < -0.3 is 19.9 Å². The topological polar surface area (TPSA) is 119 Å². The third kappa shape index (κ3) is 4.28. The van der Waals surface area contributed by atoms with Crippen molar-refractivity contribution in [1.82, 2.24) is 5.32 Å². The number of carboxylic acid groups (broad SMARTS) is 1. The van der Waals surface area contributed by atoms with Crippen LogP contribution in [-0.4, -0.2) is 49.2 Å². The number of benzene rings is 2. The highest BCUT2D eigenvalue weighted by Gasteiger charge is 2.42. The molecule has 1 amide bonds. The SMILES string of the molecule is COC(=O)C(C(=O)OC)[C@@H](C)[C@@H](NC(=O)c1cccc2ccccc12)C(=O)O. The third-order valence-corrected chi connectivity index (χ3v) is 4.55. The fourth-order valence-electron chi connectivity index (χ4n) is 3.03. The largest absolute Gasteiger partial charge is 0.480 e. The van der Waals surface area contributed by atoms with E-state index in [1.54, 1.807) is 24.3 Å². The number of hydrogen-bond donors (Lipinski definition) is 2. The van der Waals surface area contributed by atoms with Crippen LogP contribution in [0.25, 0.3) is 10.8 Å². The van der Waals surface area contributed by atoms with Crippen LogP contribution < -0.4 is 5.32 Å². The minimum atomic E-state index is -1.52. The van der Waals surface area contributed by atoms with Crippen LogP contribution in [0.5, 0.6) is 0 Å². The van der Waals surface area contributed by atoms with Crippen molar-refractivity contribution >= 4 is 34.6 Å². The van der Waals surface area contributed by atoms with Gasteiger partial charge in [0, 0.05) is 11.5 Å². The van der Waals surface area contributed by atoms with Crippen molar-refractivity contribution in [2.45, 2.75) is 13.0 Å². The Morgan fingerprint density at radius 2 is 1.50 bits per heavy atom. The van der Waals surface area contributed by atoms with Gasteiger partial charge in [-0.15, -0.1) is 0 Å². The first-order valence-corrected chi connectivity index (χ1v) is 8.48. The molecule has 2 aromatic rings. The molecule has 0 saturated heterocycles. The molecule has 148 valence electrons. The van der Waals surface area contributed by atoms with Gasteiger partial charge in [-0.25, -0.2) is 4.79 Å². The van der Waals surface area contributed by atoms with E-state index in [4.69, 9.17) is 0 Å². The van der Waals surface area contributed by atoms with E-state index in [0.29, 0.717) is 5.39 Å². The van der Waals surface area contributed by atoms with Gasteiger partial charge in [0.25, 0.3) is 5.91 Å². The number of methoxy groups -OCH3 is 2. The lowest BCUT2D eigenvalue weighted by molar-refractivity contribution is -0.162. The molecule has 0 fully saturated rings.